The van der Waals surface area contributed by atoms with Gasteiger partial charge in [0.25, 0.3) is 0 Å². The van der Waals surface area contributed by atoms with Crippen LogP contribution in [0.15, 0.2) is 36.4 Å². The van der Waals surface area contributed by atoms with E-state index in [2.05, 4.69) is 43.3 Å². The molecule has 1 heteroatoms. The maximum atomic E-state index is 5.61. The maximum absolute atomic E-state index is 5.61. The van der Waals surface area contributed by atoms with E-state index in [1.165, 1.54) is 56.9 Å². The zero-order valence-corrected chi connectivity index (χ0v) is 13.0. The summed E-state index contributed by atoms with van der Waals surface area (Å²) in [5.41, 5.74) is 1.24. The summed E-state index contributed by atoms with van der Waals surface area (Å²) in [6.45, 7) is 3.89. The molecule has 0 aromatic heterocycles. The van der Waals surface area contributed by atoms with E-state index < -0.39 is 0 Å². The van der Waals surface area contributed by atoms with E-state index in [9.17, 15) is 0 Å². The topological polar surface area (TPSA) is 9.23 Å². The summed E-state index contributed by atoms with van der Waals surface area (Å²) in [4.78, 5) is 0. The quantitative estimate of drug-likeness (QED) is 0.434. The van der Waals surface area contributed by atoms with E-state index in [-0.39, 0.29) is 0 Å². The van der Waals surface area contributed by atoms with Gasteiger partial charge >= 0.3 is 0 Å². The number of hydrogen-bond donors (Lipinski definition) is 0. The Morgan fingerprint density at radius 3 is 2.20 bits per heavy atom. The first-order valence-electron chi connectivity index (χ1n) is 8.23. The van der Waals surface area contributed by atoms with Gasteiger partial charge in [-0.25, -0.2) is 0 Å². The number of benzene rings is 1. The van der Waals surface area contributed by atoms with Crippen molar-refractivity contribution in [3.63, 3.8) is 0 Å². The van der Waals surface area contributed by atoms with Gasteiger partial charge in [-0.15, -0.1) is 0 Å². The van der Waals surface area contributed by atoms with E-state index in [0.717, 1.165) is 13.2 Å². The molecule has 0 saturated carbocycles. The lowest BCUT2D eigenvalue weighted by Crippen LogP contribution is -1.94. The lowest BCUT2D eigenvalue weighted by atomic mass is 10.1. The first kappa shape index (κ1) is 17.0. The van der Waals surface area contributed by atoms with Crippen LogP contribution >= 0.6 is 0 Å². The molecule has 0 saturated heterocycles. The van der Waals surface area contributed by atoms with Gasteiger partial charge in [0, 0.05) is 6.61 Å². The molecule has 1 aromatic rings. The molecule has 0 aliphatic heterocycles. The highest BCUT2D eigenvalue weighted by molar-refractivity contribution is 5.48. The van der Waals surface area contributed by atoms with Gasteiger partial charge < -0.3 is 4.74 Å². The van der Waals surface area contributed by atoms with Crippen LogP contribution in [0.4, 0.5) is 0 Å². The van der Waals surface area contributed by atoms with Gasteiger partial charge in [0.05, 0.1) is 6.61 Å². The summed E-state index contributed by atoms with van der Waals surface area (Å²) in [6, 6.07) is 10.4. The molecule has 0 amide bonds. The molecule has 0 fully saturated rings. The van der Waals surface area contributed by atoms with Crippen LogP contribution in [-0.2, 0) is 4.74 Å². The fraction of sp³-hybridized carbons (Fsp3) is 0.579. The third-order valence-corrected chi connectivity index (χ3v) is 3.47. The van der Waals surface area contributed by atoms with Gasteiger partial charge in [-0.05, 0) is 12.0 Å². The Balaban J connectivity index is 1.84. The largest absolute Gasteiger partial charge is 0.377 e. The van der Waals surface area contributed by atoms with Crippen molar-refractivity contribution < 1.29 is 4.74 Å². The predicted octanol–water partition coefficient (Wildman–Crippen LogP) is 5.86. The third kappa shape index (κ3) is 9.80. The van der Waals surface area contributed by atoms with Crippen molar-refractivity contribution in [1.82, 2.24) is 0 Å². The van der Waals surface area contributed by atoms with Crippen molar-refractivity contribution >= 4 is 6.08 Å². The molecule has 1 rings (SSSR count). The van der Waals surface area contributed by atoms with Crippen LogP contribution in [0.1, 0.15) is 63.9 Å². The average Bonchev–Trinajstić information content (AvgIpc) is 2.49. The van der Waals surface area contributed by atoms with Gasteiger partial charge in [0.15, 0.2) is 0 Å². The van der Waals surface area contributed by atoms with Crippen molar-refractivity contribution in [2.24, 2.45) is 0 Å². The zero-order valence-electron chi connectivity index (χ0n) is 13.0. The van der Waals surface area contributed by atoms with Crippen LogP contribution < -0.4 is 0 Å². The average molecular weight is 274 g/mol. The van der Waals surface area contributed by atoms with Crippen LogP contribution in [0, 0.1) is 0 Å². The maximum Gasteiger partial charge on any atom is 0.0650 e. The van der Waals surface area contributed by atoms with E-state index in [0.29, 0.717) is 0 Å². The monoisotopic (exact) mass is 274 g/mol. The van der Waals surface area contributed by atoms with Gasteiger partial charge in [-0.2, -0.15) is 0 Å². The van der Waals surface area contributed by atoms with Crippen LogP contribution in [0.3, 0.4) is 0 Å². The highest BCUT2D eigenvalue weighted by atomic mass is 16.5. The second-order valence-corrected chi connectivity index (χ2v) is 5.36. The van der Waals surface area contributed by atoms with Crippen LogP contribution in [0.5, 0.6) is 0 Å². The molecule has 0 aliphatic rings. The number of hydrogen-bond acceptors (Lipinski definition) is 1. The molecule has 0 radical (unpaired) electrons. The van der Waals surface area contributed by atoms with Gasteiger partial charge in [0.1, 0.15) is 0 Å². The van der Waals surface area contributed by atoms with Gasteiger partial charge in [-0.1, -0.05) is 94.4 Å². The third-order valence-electron chi connectivity index (χ3n) is 3.47. The SMILES string of the molecule is CCCCCCCCCCOCC=Cc1ccccc1. The first-order chi connectivity index (χ1) is 9.93. The molecule has 0 aliphatic carbocycles. The van der Waals surface area contributed by atoms with Crippen molar-refractivity contribution in [2.45, 2.75) is 58.3 Å². The molecule has 0 heterocycles. The Morgan fingerprint density at radius 2 is 1.50 bits per heavy atom. The predicted molar refractivity (Wildman–Crippen MR) is 88.9 cm³/mol. The second-order valence-electron chi connectivity index (χ2n) is 5.36. The van der Waals surface area contributed by atoms with Crippen LogP contribution in [0.25, 0.3) is 6.08 Å². The van der Waals surface area contributed by atoms with Crippen molar-refractivity contribution in [3.05, 3.63) is 42.0 Å². The van der Waals surface area contributed by atoms with Crippen molar-refractivity contribution in [3.8, 4) is 0 Å². The summed E-state index contributed by atoms with van der Waals surface area (Å²) >= 11 is 0. The fourth-order valence-electron chi connectivity index (χ4n) is 2.24. The molecule has 1 nitrogen and oxygen atoms in total. The molecule has 1 aromatic carbocycles. The Morgan fingerprint density at radius 1 is 0.850 bits per heavy atom. The Hall–Kier alpha value is -1.08. The Kier molecular flexibility index (Phi) is 11.0. The Labute approximate surface area is 125 Å². The molecule has 0 unspecified atom stereocenters. The number of unbranched alkanes of at least 4 members (excludes halogenated alkanes) is 7. The molecule has 0 N–H and O–H groups in total. The number of ether oxygens (including phenoxy) is 1. The molecule has 112 valence electrons. The summed E-state index contributed by atoms with van der Waals surface area (Å²) in [7, 11) is 0. The molecule has 0 spiro atoms. The van der Waals surface area contributed by atoms with Gasteiger partial charge in [-0.3, -0.25) is 0 Å². The standard InChI is InChI=1S/C19H30O/c1-2-3-4-5-6-7-8-12-17-20-18-13-16-19-14-10-9-11-15-19/h9-11,13-16H,2-8,12,17-18H2,1H3. The van der Waals surface area contributed by atoms with E-state index >= 15 is 0 Å². The first-order valence-corrected chi connectivity index (χ1v) is 8.23. The fourth-order valence-corrected chi connectivity index (χ4v) is 2.24. The molecule has 0 atom stereocenters. The minimum atomic E-state index is 0.728. The summed E-state index contributed by atoms with van der Waals surface area (Å²) in [5.74, 6) is 0. The molecule has 0 bridgehead atoms. The minimum absolute atomic E-state index is 0.728. The molecular formula is C19H30O. The summed E-state index contributed by atoms with van der Waals surface area (Å²) in [5, 5.41) is 0. The summed E-state index contributed by atoms with van der Waals surface area (Å²) in [6.07, 6.45) is 15.1. The minimum Gasteiger partial charge on any atom is -0.377 e. The van der Waals surface area contributed by atoms with Crippen LogP contribution in [-0.4, -0.2) is 13.2 Å². The lowest BCUT2D eigenvalue weighted by molar-refractivity contribution is 0.157. The Bertz CT molecular complexity index is 329. The van der Waals surface area contributed by atoms with E-state index in [4.69, 9.17) is 4.74 Å². The zero-order chi connectivity index (χ0) is 14.3. The normalized spacial score (nSPS) is 11.2. The highest BCUT2D eigenvalue weighted by Crippen LogP contribution is 2.08. The van der Waals surface area contributed by atoms with Crippen LogP contribution in [0.2, 0.25) is 0 Å². The van der Waals surface area contributed by atoms with Crippen molar-refractivity contribution in [2.75, 3.05) is 13.2 Å². The summed E-state index contributed by atoms with van der Waals surface area (Å²) < 4.78 is 5.61. The van der Waals surface area contributed by atoms with Gasteiger partial charge in [0.2, 0.25) is 0 Å². The molecular weight excluding hydrogens is 244 g/mol. The van der Waals surface area contributed by atoms with Crippen molar-refractivity contribution in [1.29, 1.82) is 0 Å². The molecule has 20 heavy (non-hydrogen) atoms. The lowest BCUT2D eigenvalue weighted by Gasteiger charge is -2.02. The highest BCUT2D eigenvalue weighted by Gasteiger charge is 1.91. The van der Waals surface area contributed by atoms with E-state index in [1.807, 2.05) is 6.07 Å². The smallest absolute Gasteiger partial charge is 0.0650 e. The second kappa shape index (κ2) is 12.9. The number of rotatable bonds is 12. The van der Waals surface area contributed by atoms with E-state index in [1.54, 1.807) is 0 Å².